The molecule has 5 heteroatoms. The van der Waals surface area contributed by atoms with Crippen LogP contribution in [0.2, 0.25) is 0 Å². The highest BCUT2D eigenvalue weighted by atomic mass is 16.5. The largest absolute Gasteiger partial charge is 0.379 e. The highest BCUT2D eigenvalue weighted by molar-refractivity contribution is 4.80. The summed E-state index contributed by atoms with van der Waals surface area (Å²) >= 11 is 0. The number of nitriles is 1. The summed E-state index contributed by atoms with van der Waals surface area (Å²) in [4.78, 5) is 2.11. The summed E-state index contributed by atoms with van der Waals surface area (Å²) in [6.07, 6.45) is 2.28. The summed E-state index contributed by atoms with van der Waals surface area (Å²) < 4.78 is 16.3. The van der Waals surface area contributed by atoms with E-state index in [9.17, 15) is 0 Å². The van der Waals surface area contributed by atoms with Crippen LogP contribution in [0.4, 0.5) is 0 Å². The van der Waals surface area contributed by atoms with Crippen molar-refractivity contribution in [2.45, 2.75) is 26.7 Å². The molecule has 0 aliphatic carbocycles. The van der Waals surface area contributed by atoms with Gasteiger partial charge in [0, 0.05) is 19.7 Å². The van der Waals surface area contributed by atoms with Crippen LogP contribution in [-0.4, -0.2) is 64.7 Å². The molecule has 0 aromatic rings. The first kappa shape index (κ1) is 19.3. The molecule has 20 heavy (non-hydrogen) atoms. The number of rotatable bonds is 14. The first-order valence-corrected chi connectivity index (χ1v) is 7.52. The van der Waals surface area contributed by atoms with Gasteiger partial charge in [0.2, 0.25) is 0 Å². The van der Waals surface area contributed by atoms with Gasteiger partial charge in [-0.05, 0) is 20.4 Å². The standard InChI is InChI=1S/C15H30N2O3/c1-4-5-7-18-9-11-20-12-10-19-8-6-17(3)14-15(2)13-16/h15H,4-12,14H2,1-3H3. The zero-order chi connectivity index (χ0) is 15.1. The Bertz CT molecular complexity index is 244. The van der Waals surface area contributed by atoms with Crippen molar-refractivity contribution in [3.8, 4) is 6.07 Å². The number of ether oxygens (including phenoxy) is 3. The molecule has 0 aromatic carbocycles. The minimum Gasteiger partial charge on any atom is -0.379 e. The number of nitrogens with zero attached hydrogens (tertiary/aromatic N) is 2. The molecule has 0 aromatic heterocycles. The van der Waals surface area contributed by atoms with Gasteiger partial charge in [0.1, 0.15) is 0 Å². The Kier molecular flexibility index (Phi) is 14.2. The Hall–Kier alpha value is -0.670. The number of hydrogen-bond donors (Lipinski definition) is 0. The molecule has 0 fully saturated rings. The second-order valence-corrected chi connectivity index (χ2v) is 4.98. The van der Waals surface area contributed by atoms with E-state index in [0.29, 0.717) is 33.0 Å². The van der Waals surface area contributed by atoms with E-state index in [1.54, 1.807) is 0 Å². The van der Waals surface area contributed by atoms with Crippen LogP contribution in [-0.2, 0) is 14.2 Å². The van der Waals surface area contributed by atoms with Crippen molar-refractivity contribution >= 4 is 0 Å². The molecule has 1 atom stereocenters. The van der Waals surface area contributed by atoms with E-state index in [2.05, 4.69) is 17.9 Å². The van der Waals surface area contributed by atoms with Gasteiger partial charge in [-0.2, -0.15) is 5.26 Å². The van der Waals surface area contributed by atoms with Crippen molar-refractivity contribution in [1.82, 2.24) is 4.90 Å². The number of unbranched alkanes of at least 4 members (excludes halogenated alkanes) is 1. The Morgan fingerprint density at radius 1 is 1.00 bits per heavy atom. The maximum Gasteiger partial charge on any atom is 0.0701 e. The quantitative estimate of drug-likeness (QED) is 0.457. The highest BCUT2D eigenvalue weighted by Crippen LogP contribution is 1.95. The van der Waals surface area contributed by atoms with Crippen LogP contribution in [0.1, 0.15) is 26.7 Å². The van der Waals surface area contributed by atoms with Gasteiger partial charge in [0.25, 0.3) is 0 Å². The van der Waals surface area contributed by atoms with Crippen LogP contribution >= 0.6 is 0 Å². The van der Waals surface area contributed by atoms with Crippen molar-refractivity contribution in [3.05, 3.63) is 0 Å². The van der Waals surface area contributed by atoms with Crippen molar-refractivity contribution in [3.63, 3.8) is 0 Å². The van der Waals surface area contributed by atoms with Crippen molar-refractivity contribution < 1.29 is 14.2 Å². The third kappa shape index (κ3) is 13.8. The maximum absolute atomic E-state index is 8.71. The first-order chi connectivity index (χ1) is 9.70. The summed E-state index contributed by atoms with van der Waals surface area (Å²) in [7, 11) is 2.00. The summed E-state index contributed by atoms with van der Waals surface area (Å²) in [6.45, 7) is 9.70. The Balaban J connectivity index is 3.15. The fraction of sp³-hybridized carbons (Fsp3) is 0.933. The van der Waals surface area contributed by atoms with E-state index in [0.717, 1.165) is 32.5 Å². The average Bonchev–Trinajstić information content (AvgIpc) is 2.44. The van der Waals surface area contributed by atoms with Crippen molar-refractivity contribution in [2.24, 2.45) is 5.92 Å². The lowest BCUT2D eigenvalue weighted by molar-refractivity contribution is 0.0109. The van der Waals surface area contributed by atoms with Crippen LogP contribution in [0.5, 0.6) is 0 Å². The third-order valence-electron chi connectivity index (χ3n) is 2.81. The average molecular weight is 286 g/mol. The highest BCUT2D eigenvalue weighted by Gasteiger charge is 2.04. The van der Waals surface area contributed by atoms with Gasteiger partial charge in [0.05, 0.1) is 45.0 Å². The molecule has 0 aliphatic heterocycles. The fourth-order valence-corrected chi connectivity index (χ4v) is 1.61. The molecule has 0 bridgehead atoms. The Morgan fingerprint density at radius 2 is 1.55 bits per heavy atom. The van der Waals surface area contributed by atoms with E-state index in [1.807, 2.05) is 14.0 Å². The van der Waals surface area contributed by atoms with E-state index < -0.39 is 0 Å². The van der Waals surface area contributed by atoms with Crippen molar-refractivity contribution in [1.29, 1.82) is 5.26 Å². The molecule has 0 radical (unpaired) electrons. The normalized spacial score (nSPS) is 12.6. The third-order valence-corrected chi connectivity index (χ3v) is 2.81. The molecule has 1 unspecified atom stereocenters. The van der Waals surface area contributed by atoms with Crippen LogP contribution in [0.25, 0.3) is 0 Å². The molecular formula is C15H30N2O3. The summed E-state index contributed by atoms with van der Waals surface area (Å²) in [6, 6.07) is 2.22. The summed E-state index contributed by atoms with van der Waals surface area (Å²) in [5.74, 6) is 0.0658. The van der Waals surface area contributed by atoms with Crippen molar-refractivity contribution in [2.75, 3.05) is 59.8 Å². The second-order valence-electron chi connectivity index (χ2n) is 4.98. The fourth-order valence-electron chi connectivity index (χ4n) is 1.61. The molecule has 0 saturated carbocycles. The lowest BCUT2D eigenvalue weighted by Gasteiger charge is -2.17. The molecule has 0 amide bonds. The smallest absolute Gasteiger partial charge is 0.0701 e. The van der Waals surface area contributed by atoms with E-state index in [1.165, 1.54) is 0 Å². The van der Waals surface area contributed by atoms with E-state index in [-0.39, 0.29) is 5.92 Å². The van der Waals surface area contributed by atoms with Crippen LogP contribution in [0.3, 0.4) is 0 Å². The minimum absolute atomic E-state index is 0.0658. The van der Waals surface area contributed by atoms with Gasteiger partial charge in [-0.3, -0.25) is 0 Å². The molecular weight excluding hydrogens is 256 g/mol. The summed E-state index contributed by atoms with van der Waals surface area (Å²) in [5.41, 5.74) is 0. The lowest BCUT2D eigenvalue weighted by Crippen LogP contribution is -2.28. The monoisotopic (exact) mass is 286 g/mol. The topological polar surface area (TPSA) is 54.7 Å². The van der Waals surface area contributed by atoms with Gasteiger partial charge in [-0.25, -0.2) is 0 Å². The van der Waals surface area contributed by atoms with Gasteiger partial charge in [0.15, 0.2) is 0 Å². The molecule has 0 spiro atoms. The zero-order valence-electron chi connectivity index (χ0n) is 13.3. The Labute approximate surface area is 123 Å². The van der Waals surface area contributed by atoms with Gasteiger partial charge >= 0.3 is 0 Å². The molecule has 0 N–H and O–H groups in total. The predicted octanol–water partition coefficient (Wildman–Crippen LogP) is 1.93. The van der Waals surface area contributed by atoms with Crippen LogP contribution < -0.4 is 0 Å². The molecule has 0 heterocycles. The second kappa shape index (κ2) is 14.7. The van der Waals surface area contributed by atoms with Crippen LogP contribution in [0.15, 0.2) is 0 Å². The molecule has 0 rings (SSSR count). The molecule has 0 saturated heterocycles. The molecule has 5 nitrogen and oxygen atoms in total. The van der Waals surface area contributed by atoms with Crippen LogP contribution in [0, 0.1) is 17.2 Å². The van der Waals surface area contributed by atoms with Gasteiger partial charge in [-0.1, -0.05) is 13.3 Å². The molecule has 118 valence electrons. The number of likely N-dealkylation sites (N-methyl/N-ethyl adjacent to an activating group) is 1. The Morgan fingerprint density at radius 3 is 2.10 bits per heavy atom. The zero-order valence-corrected chi connectivity index (χ0v) is 13.3. The van der Waals surface area contributed by atoms with E-state index in [4.69, 9.17) is 19.5 Å². The minimum atomic E-state index is 0.0658. The lowest BCUT2D eigenvalue weighted by atomic mass is 10.2. The first-order valence-electron chi connectivity index (χ1n) is 7.52. The summed E-state index contributed by atoms with van der Waals surface area (Å²) in [5, 5.41) is 8.71. The van der Waals surface area contributed by atoms with E-state index >= 15 is 0 Å². The predicted molar refractivity (Wildman–Crippen MR) is 79.6 cm³/mol. The van der Waals surface area contributed by atoms with Gasteiger partial charge in [-0.15, -0.1) is 0 Å². The van der Waals surface area contributed by atoms with Gasteiger partial charge < -0.3 is 19.1 Å². The maximum atomic E-state index is 8.71. The number of hydrogen-bond acceptors (Lipinski definition) is 5. The SMILES string of the molecule is CCCCOCCOCCOCCN(C)CC(C)C#N. The molecule has 0 aliphatic rings.